The van der Waals surface area contributed by atoms with Crippen LogP contribution in [0.25, 0.3) is 0 Å². The molecule has 2 aromatic rings. The van der Waals surface area contributed by atoms with Crippen molar-refractivity contribution in [3.05, 3.63) is 47.3 Å². The Hall–Kier alpha value is -1.95. The molecule has 0 aliphatic heterocycles. The van der Waals surface area contributed by atoms with Crippen LogP contribution in [0.2, 0.25) is 5.02 Å². The SMILES string of the molecule is CC(Cc1ccc(F)cc1Cl)(C(=O)O)n1cnnc1. The Balaban J connectivity index is 2.40. The molecule has 2 rings (SSSR count). The quantitative estimate of drug-likeness (QED) is 0.933. The second kappa shape index (κ2) is 4.97. The summed E-state index contributed by atoms with van der Waals surface area (Å²) in [7, 11) is 0. The van der Waals surface area contributed by atoms with Gasteiger partial charge in [0, 0.05) is 11.4 Å². The van der Waals surface area contributed by atoms with Gasteiger partial charge in [-0.1, -0.05) is 17.7 Å². The minimum absolute atomic E-state index is 0.0967. The number of hydrogen-bond donors (Lipinski definition) is 1. The van der Waals surface area contributed by atoms with Gasteiger partial charge in [-0.2, -0.15) is 0 Å². The third-order valence-electron chi connectivity index (χ3n) is 3.00. The fraction of sp³-hybridized carbons (Fsp3) is 0.250. The van der Waals surface area contributed by atoms with Gasteiger partial charge in [0.05, 0.1) is 0 Å². The number of aliphatic carboxylic acids is 1. The Morgan fingerprint density at radius 2 is 2.11 bits per heavy atom. The van der Waals surface area contributed by atoms with Crippen LogP contribution in [0.1, 0.15) is 12.5 Å². The van der Waals surface area contributed by atoms with E-state index < -0.39 is 17.3 Å². The summed E-state index contributed by atoms with van der Waals surface area (Å²) in [5.74, 6) is -1.51. The first kappa shape index (κ1) is 13.5. The van der Waals surface area contributed by atoms with Gasteiger partial charge in [-0.15, -0.1) is 10.2 Å². The molecule has 0 saturated heterocycles. The van der Waals surface area contributed by atoms with E-state index in [1.165, 1.54) is 36.3 Å². The first-order chi connectivity index (χ1) is 8.93. The summed E-state index contributed by atoms with van der Waals surface area (Å²) in [6.45, 7) is 1.53. The van der Waals surface area contributed by atoms with E-state index in [-0.39, 0.29) is 11.4 Å². The number of carbonyl (C=O) groups is 1. The van der Waals surface area contributed by atoms with Crippen molar-refractivity contribution in [2.45, 2.75) is 18.9 Å². The van der Waals surface area contributed by atoms with E-state index in [9.17, 15) is 14.3 Å². The van der Waals surface area contributed by atoms with Crippen LogP contribution < -0.4 is 0 Å². The van der Waals surface area contributed by atoms with Gasteiger partial charge in [-0.05, 0) is 24.6 Å². The van der Waals surface area contributed by atoms with Gasteiger partial charge in [0.2, 0.25) is 0 Å². The highest BCUT2D eigenvalue weighted by atomic mass is 35.5. The van der Waals surface area contributed by atoms with Gasteiger partial charge in [0.15, 0.2) is 0 Å². The zero-order chi connectivity index (χ0) is 14.0. The Morgan fingerprint density at radius 1 is 1.47 bits per heavy atom. The van der Waals surface area contributed by atoms with Gasteiger partial charge >= 0.3 is 5.97 Å². The minimum atomic E-state index is -1.29. The smallest absolute Gasteiger partial charge is 0.330 e. The van der Waals surface area contributed by atoms with E-state index in [4.69, 9.17) is 11.6 Å². The van der Waals surface area contributed by atoms with Crippen LogP contribution in [-0.2, 0) is 16.8 Å². The molecule has 0 radical (unpaired) electrons. The van der Waals surface area contributed by atoms with Crippen molar-refractivity contribution in [2.75, 3.05) is 0 Å². The van der Waals surface area contributed by atoms with E-state index in [1.807, 2.05) is 0 Å². The lowest BCUT2D eigenvalue weighted by Gasteiger charge is -2.26. The molecule has 0 bridgehead atoms. The van der Waals surface area contributed by atoms with Gasteiger partial charge < -0.3 is 9.67 Å². The second-order valence-electron chi connectivity index (χ2n) is 4.36. The number of hydrogen-bond acceptors (Lipinski definition) is 3. The molecule has 19 heavy (non-hydrogen) atoms. The normalized spacial score (nSPS) is 14.1. The van der Waals surface area contributed by atoms with E-state index in [1.54, 1.807) is 0 Å². The predicted molar refractivity (Wildman–Crippen MR) is 66.4 cm³/mol. The molecule has 0 fully saturated rings. The number of benzene rings is 1. The summed E-state index contributed by atoms with van der Waals surface area (Å²) in [6.07, 6.45) is 2.75. The van der Waals surface area contributed by atoms with Gasteiger partial charge in [0.1, 0.15) is 24.0 Å². The summed E-state index contributed by atoms with van der Waals surface area (Å²) >= 11 is 5.93. The maximum Gasteiger partial charge on any atom is 0.330 e. The lowest BCUT2D eigenvalue weighted by molar-refractivity contribution is -0.146. The van der Waals surface area contributed by atoms with Crippen molar-refractivity contribution in [3.63, 3.8) is 0 Å². The first-order valence-corrected chi connectivity index (χ1v) is 5.84. The Kier molecular flexibility index (Phi) is 3.53. The molecule has 0 amide bonds. The second-order valence-corrected chi connectivity index (χ2v) is 4.77. The molecule has 1 atom stereocenters. The number of rotatable bonds is 4. The summed E-state index contributed by atoms with van der Waals surface area (Å²) < 4.78 is 14.4. The van der Waals surface area contributed by atoms with Gasteiger partial charge in [-0.3, -0.25) is 0 Å². The summed E-state index contributed by atoms with van der Waals surface area (Å²) in [5.41, 5.74) is -0.744. The molecule has 0 saturated carbocycles. The Bertz CT molecular complexity index is 603. The monoisotopic (exact) mass is 283 g/mol. The summed E-state index contributed by atoms with van der Waals surface area (Å²) in [4.78, 5) is 11.5. The molecule has 0 aliphatic rings. The number of nitrogens with zero attached hydrogens (tertiary/aromatic N) is 3. The van der Waals surface area contributed by atoms with Crippen LogP contribution in [0.5, 0.6) is 0 Å². The third kappa shape index (κ3) is 2.58. The third-order valence-corrected chi connectivity index (χ3v) is 3.35. The summed E-state index contributed by atoms with van der Waals surface area (Å²) in [5, 5.41) is 16.8. The molecule has 1 aromatic heterocycles. The van der Waals surface area contributed by atoms with Gasteiger partial charge in [-0.25, -0.2) is 9.18 Å². The Morgan fingerprint density at radius 3 is 2.63 bits per heavy atom. The van der Waals surface area contributed by atoms with E-state index in [2.05, 4.69) is 10.2 Å². The van der Waals surface area contributed by atoms with Crippen LogP contribution in [0.15, 0.2) is 30.9 Å². The minimum Gasteiger partial charge on any atom is -0.479 e. The standard InChI is InChI=1S/C12H11ClFN3O2/c1-12(11(18)19,17-6-15-16-7-17)5-8-2-3-9(14)4-10(8)13/h2-4,6-7H,5H2,1H3,(H,18,19). The van der Waals surface area contributed by atoms with Crippen LogP contribution in [-0.4, -0.2) is 25.8 Å². The fourth-order valence-electron chi connectivity index (χ4n) is 1.77. The van der Waals surface area contributed by atoms with Crippen LogP contribution >= 0.6 is 11.6 Å². The molecule has 1 heterocycles. The highest BCUT2D eigenvalue weighted by molar-refractivity contribution is 6.31. The highest BCUT2D eigenvalue weighted by Gasteiger charge is 2.36. The van der Waals surface area contributed by atoms with Crippen LogP contribution in [0.4, 0.5) is 4.39 Å². The molecule has 0 spiro atoms. The average molecular weight is 284 g/mol. The van der Waals surface area contributed by atoms with Gasteiger partial charge in [0.25, 0.3) is 0 Å². The molecule has 1 aromatic carbocycles. The van der Waals surface area contributed by atoms with Crippen molar-refractivity contribution in [1.29, 1.82) is 0 Å². The molecular weight excluding hydrogens is 273 g/mol. The van der Waals surface area contributed by atoms with Crippen molar-refractivity contribution in [3.8, 4) is 0 Å². The average Bonchev–Trinajstić information content (AvgIpc) is 2.86. The van der Waals surface area contributed by atoms with E-state index >= 15 is 0 Å². The highest BCUT2D eigenvalue weighted by Crippen LogP contribution is 2.27. The lowest BCUT2D eigenvalue weighted by atomic mass is 9.92. The number of carboxylic acids is 1. The van der Waals surface area contributed by atoms with E-state index in [0.29, 0.717) is 5.56 Å². The van der Waals surface area contributed by atoms with Crippen molar-refractivity contribution in [1.82, 2.24) is 14.8 Å². The largest absolute Gasteiger partial charge is 0.479 e. The van der Waals surface area contributed by atoms with Crippen molar-refractivity contribution < 1.29 is 14.3 Å². The fourth-order valence-corrected chi connectivity index (χ4v) is 2.00. The van der Waals surface area contributed by atoms with Crippen molar-refractivity contribution in [2.24, 2.45) is 0 Å². The first-order valence-electron chi connectivity index (χ1n) is 5.46. The maximum atomic E-state index is 13.0. The molecule has 1 N–H and O–H groups in total. The number of aromatic nitrogens is 3. The van der Waals surface area contributed by atoms with Crippen LogP contribution in [0.3, 0.4) is 0 Å². The molecular formula is C12H11ClFN3O2. The topological polar surface area (TPSA) is 68.0 Å². The molecule has 7 heteroatoms. The zero-order valence-corrected chi connectivity index (χ0v) is 10.8. The number of carboxylic acid groups (broad SMARTS) is 1. The molecule has 5 nitrogen and oxygen atoms in total. The molecule has 0 aliphatic carbocycles. The lowest BCUT2D eigenvalue weighted by Crippen LogP contribution is -2.40. The maximum absolute atomic E-state index is 13.0. The zero-order valence-electron chi connectivity index (χ0n) is 10.0. The van der Waals surface area contributed by atoms with E-state index in [0.717, 1.165) is 6.07 Å². The predicted octanol–water partition coefficient (Wildman–Crippen LogP) is 2.11. The summed E-state index contributed by atoms with van der Waals surface area (Å²) in [6, 6.07) is 3.88. The van der Waals surface area contributed by atoms with Crippen molar-refractivity contribution >= 4 is 17.6 Å². The van der Waals surface area contributed by atoms with Crippen LogP contribution in [0, 0.1) is 5.82 Å². The number of halogens is 2. The Labute approximate surface area is 113 Å². The molecule has 1 unspecified atom stereocenters. The molecule has 100 valence electrons.